The van der Waals surface area contributed by atoms with Crippen LogP contribution in [0.1, 0.15) is 71.9 Å². The Bertz CT molecular complexity index is 1450. The van der Waals surface area contributed by atoms with Gasteiger partial charge in [0.2, 0.25) is 0 Å². The molecule has 1 fully saturated rings. The number of hydrogen-bond donors (Lipinski definition) is 2. The number of benzene rings is 1. The molecule has 12 heteroatoms. The van der Waals surface area contributed by atoms with E-state index in [-0.39, 0.29) is 42.5 Å². The fourth-order valence-corrected chi connectivity index (χ4v) is 4.66. The van der Waals surface area contributed by atoms with Gasteiger partial charge in [0, 0.05) is 36.4 Å². The van der Waals surface area contributed by atoms with Gasteiger partial charge in [-0.15, -0.1) is 5.10 Å². The quantitative estimate of drug-likeness (QED) is 0.324. The molecule has 0 spiro atoms. The monoisotopic (exact) mass is 575 g/mol. The van der Waals surface area contributed by atoms with Crippen LogP contribution in [0, 0.1) is 12.3 Å². The first kappa shape index (κ1) is 30.3. The van der Waals surface area contributed by atoms with Gasteiger partial charge in [-0.25, -0.2) is 4.98 Å². The van der Waals surface area contributed by atoms with Crippen molar-refractivity contribution in [2.75, 3.05) is 17.2 Å². The van der Waals surface area contributed by atoms with E-state index < -0.39 is 29.7 Å². The van der Waals surface area contributed by atoms with Crippen molar-refractivity contribution < 1.29 is 31.9 Å². The number of Topliss-reactive ketones (excluding diaryl/α,β-unsaturated/α-hetero) is 1. The summed E-state index contributed by atoms with van der Waals surface area (Å²) in [5.74, 6) is -0.257. The third kappa shape index (κ3) is 7.53. The Morgan fingerprint density at radius 1 is 1.07 bits per heavy atom. The number of alkyl halides is 3. The summed E-state index contributed by atoms with van der Waals surface area (Å²) in [5.41, 5.74) is 1.83. The fraction of sp³-hybridized carbons (Fsp3) is 0.552. The van der Waals surface area contributed by atoms with Crippen LogP contribution in [0.3, 0.4) is 0 Å². The minimum atomic E-state index is -4.35. The number of ether oxygens (including phenoxy) is 1. The number of anilines is 2. The van der Waals surface area contributed by atoms with Crippen molar-refractivity contribution in [1.82, 2.24) is 15.2 Å². The molecule has 1 aliphatic rings. The van der Waals surface area contributed by atoms with E-state index in [0.29, 0.717) is 28.7 Å². The summed E-state index contributed by atoms with van der Waals surface area (Å²) in [7, 11) is 0. The number of aryl methyl sites for hydroxylation is 1. The van der Waals surface area contributed by atoms with Crippen LogP contribution in [-0.2, 0) is 19.7 Å². The molecular weight excluding hydrogens is 539 g/mol. The van der Waals surface area contributed by atoms with E-state index in [0.717, 1.165) is 11.1 Å². The number of nitrogens with one attached hydrogen (secondary N) is 2. The maximum Gasteiger partial charge on any atom is 0.405 e. The zero-order valence-corrected chi connectivity index (χ0v) is 24.3. The Kier molecular flexibility index (Phi) is 8.08. The summed E-state index contributed by atoms with van der Waals surface area (Å²) in [6.45, 7) is 11.9. The molecule has 9 nitrogen and oxygen atoms in total. The highest BCUT2D eigenvalue weighted by atomic mass is 19.4. The van der Waals surface area contributed by atoms with Crippen LogP contribution < -0.4 is 10.6 Å². The SMILES string of the molecule is Cc1cc(-c2nnc(N[C@@H]3CC(=O)C[C@H](OC(=O)C(C)(C)C)C3)o2)nc2c(C(C)(C)C)cc(NCC(F)(F)F)cc12. The third-order valence-electron chi connectivity index (χ3n) is 6.76. The second kappa shape index (κ2) is 10.9. The Morgan fingerprint density at radius 2 is 1.78 bits per heavy atom. The number of nitrogens with zero attached hydrogens (tertiary/aromatic N) is 3. The number of aromatic nitrogens is 3. The van der Waals surface area contributed by atoms with Crippen LogP contribution >= 0.6 is 0 Å². The highest BCUT2D eigenvalue weighted by Gasteiger charge is 2.34. The van der Waals surface area contributed by atoms with Gasteiger partial charge in [0.05, 0.1) is 10.9 Å². The molecule has 1 saturated carbocycles. The summed E-state index contributed by atoms with van der Waals surface area (Å²) in [5, 5.41) is 14.5. The molecule has 2 heterocycles. The first-order valence-corrected chi connectivity index (χ1v) is 13.5. The van der Waals surface area contributed by atoms with Crippen LogP contribution in [0.5, 0.6) is 0 Å². The van der Waals surface area contributed by atoms with Crippen LogP contribution in [-0.4, -0.2) is 51.8 Å². The Hall–Kier alpha value is -3.70. The molecule has 0 saturated heterocycles. The average Bonchev–Trinajstić information content (AvgIpc) is 3.28. The van der Waals surface area contributed by atoms with Crippen molar-refractivity contribution in [2.24, 2.45) is 5.41 Å². The number of pyridine rings is 1. The van der Waals surface area contributed by atoms with Crippen molar-refractivity contribution in [1.29, 1.82) is 0 Å². The molecule has 0 radical (unpaired) electrons. The molecule has 0 bridgehead atoms. The predicted octanol–water partition coefficient (Wildman–Crippen LogP) is 6.36. The molecule has 222 valence electrons. The third-order valence-corrected chi connectivity index (χ3v) is 6.76. The van der Waals surface area contributed by atoms with Gasteiger partial charge in [0.15, 0.2) is 0 Å². The molecule has 2 aromatic heterocycles. The first-order chi connectivity index (χ1) is 18.9. The zero-order valence-electron chi connectivity index (χ0n) is 24.3. The second-order valence-corrected chi connectivity index (χ2v) is 12.7. The van der Waals surface area contributed by atoms with E-state index in [9.17, 15) is 22.8 Å². The topological polar surface area (TPSA) is 119 Å². The van der Waals surface area contributed by atoms with Gasteiger partial charge < -0.3 is 19.8 Å². The van der Waals surface area contributed by atoms with E-state index in [1.54, 1.807) is 39.0 Å². The van der Waals surface area contributed by atoms with E-state index in [4.69, 9.17) is 14.1 Å². The Morgan fingerprint density at radius 3 is 2.41 bits per heavy atom. The van der Waals surface area contributed by atoms with Gasteiger partial charge in [-0.3, -0.25) is 9.59 Å². The van der Waals surface area contributed by atoms with Gasteiger partial charge in [-0.2, -0.15) is 13.2 Å². The molecular formula is C29H36F3N5O4. The molecule has 4 rings (SSSR count). The summed E-state index contributed by atoms with van der Waals surface area (Å²) in [6, 6.07) is 4.83. The van der Waals surface area contributed by atoms with Crippen LogP contribution in [0.15, 0.2) is 22.6 Å². The van der Waals surface area contributed by atoms with Crippen LogP contribution in [0.2, 0.25) is 0 Å². The lowest BCUT2D eigenvalue weighted by Gasteiger charge is -2.30. The first-order valence-electron chi connectivity index (χ1n) is 13.5. The fourth-order valence-electron chi connectivity index (χ4n) is 4.66. The molecule has 0 amide bonds. The minimum absolute atomic E-state index is 0.0363. The maximum atomic E-state index is 12.9. The van der Waals surface area contributed by atoms with Gasteiger partial charge in [0.1, 0.15) is 24.1 Å². The molecule has 41 heavy (non-hydrogen) atoms. The normalized spacial score (nSPS) is 18.4. The Balaban J connectivity index is 1.58. The van der Waals surface area contributed by atoms with Crippen LogP contribution in [0.25, 0.3) is 22.5 Å². The number of carbonyl (C=O) groups excluding carboxylic acids is 2. The van der Waals surface area contributed by atoms with E-state index in [1.807, 2.05) is 27.7 Å². The number of hydrogen-bond acceptors (Lipinski definition) is 9. The highest BCUT2D eigenvalue weighted by Crippen LogP contribution is 2.36. The minimum Gasteiger partial charge on any atom is -0.461 e. The number of ketones is 1. The van der Waals surface area contributed by atoms with E-state index >= 15 is 0 Å². The zero-order chi connectivity index (χ0) is 30.3. The molecule has 1 aliphatic carbocycles. The van der Waals surface area contributed by atoms with Crippen LogP contribution in [0.4, 0.5) is 24.9 Å². The summed E-state index contributed by atoms with van der Waals surface area (Å²) in [6.07, 6.45) is -4.08. The smallest absolute Gasteiger partial charge is 0.405 e. The molecule has 2 atom stereocenters. The second-order valence-electron chi connectivity index (χ2n) is 12.7. The summed E-state index contributed by atoms with van der Waals surface area (Å²) < 4.78 is 50.0. The molecule has 2 N–H and O–H groups in total. The van der Waals surface area contributed by atoms with E-state index in [2.05, 4.69) is 20.8 Å². The number of rotatable bonds is 6. The highest BCUT2D eigenvalue weighted by molar-refractivity contribution is 5.91. The molecule has 1 aromatic carbocycles. The van der Waals surface area contributed by atoms with E-state index in [1.165, 1.54) is 0 Å². The maximum absolute atomic E-state index is 12.9. The number of carbonyl (C=O) groups is 2. The van der Waals surface area contributed by atoms with Crippen molar-refractivity contribution in [2.45, 2.75) is 91.5 Å². The molecule has 0 aliphatic heterocycles. The van der Waals surface area contributed by atoms with Crippen molar-refractivity contribution in [3.05, 3.63) is 29.3 Å². The number of halogens is 3. The van der Waals surface area contributed by atoms with Gasteiger partial charge in [-0.05, 0) is 62.4 Å². The molecule has 3 aromatic rings. The lowest BCUT2D eigenvalue weighted by Crippen LogP contribution is -2.39. The number of fused-ring (bicyclic) bond motifs is 1. The largest absolute Gasteiger partial charge is 0.461 e. The lowest BCUT2D eigenvalue weighted by atomic mass is 9.84. The van der Waals surface area contributed by atoms with Crippen molar-refractivity contribution in [3.63, 3.8) is 0 Å². The van der Waals surface area contributed by atoms with Gasteiger partial charge >= 0.3 is 18.2 Å². The Labute approximate surface area is 236 Å². The predicted molar refractivity (Wildman–Crippen MR) is 149 cm³/mol. The van der Waals surface area contributed by atoms with Gasteiger partial charge in [0.25, 0.3) is 5.89 Å². The van der Waals surface area contributed by atoms with Crippen molar-refractivity contribution in [3.8, 4) is 11.6 Å². The number of esters is 1. The van der Waals surface area contributed by atoms with Gasteiger partial charge in [-0.1, -0.05) is 25.9 Å². The summed E-state index contributed by atoms with van der Waals surface area (Å²) in [4.78, 5) is 29.4. The summed E-state index contributed by atoms with van der Waals surface area (Å²) >= 11 is 0. The molecule has 0 unspecified atom stereocenters. The van der Waals surface area contributed by atoms with Crippen molar-refractivity contribution >= 4 is 34.4 Å². The average molecular weight is 576 g/mol. The standard InChI is InChI=1S/C29H36F3N5O4/c1-15-8-22(35-23-20(15)11-16(33-14-29(30,31)32)12-21(23)27(2,3)4)24-36-37-26(41-24)34-17-9-18(38)13-19(10-17)40-25(39)28(5,6)7/h8,11-12,17,19,33H,9-10,13-14H2,1-7H3,(H,34,37)/t17-,19-/m1/s1. The lowest BCUT2D eigenvalue weighted by molar-refractivity contribution is -0.160.